The third-order valence-corrected chi connectivity index (χ3v) is 3.49. The van der Waals surface area contributed by atoms with Crippen LogP contribution in [0.5, 0.6) is 0 Å². The molecule has 0 saturated heterocycles. The lowest BCUT2D eigenvalue weighted by Gasteiger charge is -2.19. The van der Waals surface area contributed by atoms with E-state index in [-0.39, 0.29) is 24.3 Å². The first-order valence-corrected chi connectivity index (χ1v) is 6.68. The normalized spacial score (nSPS) is 14.6. The molecule has 0 saturated carbocycles. The number of carbonyl (C=O) groups excluding carboxylic acids is 1. The third kappa shape index (κ3) is 4.11. The van der Waals surface area contributed by atoms with Gasteiger partial charge in [-0.2, -0.15) is 11.3 Å². The van der Waals surface area contributed by atoms with E-state index in [4.69, 9.17) is 5.73 Å². The van der Waals surface area contributed by atoms with Crippen LogP contribution in [0.1, 0.15) is 25.5 Å². The van der Waals surface area contributed by atoms with Crippen LogP contribution in [0.15, 0.2) is 16.8 Å². The van der Waals surface area contributed by atoms with E-state index in [1.54, 1.807) is 0 Å². The average molecular weight is 256 g/mol. The number of amides is 1. The van der Waals surface area contributed by atoms with Crippen molar-refractivity contribution in [3.8, 4) is 0 Å². The molecule has 0 aliphatic carbocycles. The molecule has 0 bridgehead atoms. The largest absolute Gasteiger partial charge is 0.387 e. The number of hydrogen-bond donors (Lipinski definition) is 3. The van der Waals surface area contributed by atoms with Crippen molar-refractivity contribution in [2.75, 3.05) is 13.1 Å². The Morgan fingerprint density at radius 3 is 2.76 bits per heavy atom. The molecule has 4 nitrogen and oxygen atoms in total. The van der Waals surface area contributed by atoms with E-state index in [1.807, 2.05) is 30.7 Å². The minimum atomic E-state index is -0.643. The van der Waals surface area contributed by atoms with Gasteiger partial charge in [0.15, 0.2) is 0 Å². The molecule has 5 heteroatoms. The summed E-state index contributed by atoms with van der Waals surface area (Å²) in [6.45, 7) is 4.50. The van der Waals surface area contributed by atoms with Crippen molar-refractivity contribution in [1.29, 1.82) is 0 Å². The molecule has 17 heavy (non-hydrogen) atoms. The second-order valence-electron chi connectivity index (χ2n) is 4.40. The van der Waals surface area contributed by atoms with Crippen LogP contribution in [0, 0.1) is 11.8 Å². The predicted molar refractivity (Wildman–Crippen MR) is 69.7 cm³/mol. The van der Waals surface area contributed by atoms with Crippen molar-refractivity contribution in [1.82, 2.24) is 5.32 Å². The van der Waals surface area contributed by atoms with Gasteiger partial charge in [-0.15, -0.1) is 0 Å². The molecule has 1 amide bonds. The highest BCUT2D eigenvalue weighted by atomic mass is 32.1. The van der Waals surface area contributed by atoms with Crippen LogP contribution in [0.3, 0.4) is 0 Å². The second-order valence-corrected chi connectivity index (χ2v) is 5.18. The molecule has 2 unspecified atom stereocenters. The summed E-state index contributed by atoms with van der Waals surface area (Å²) in [7, 11) is 0. The van der Waals surface area contributed by atoms with Gasteiger partial charge >= 0.3 is 0 Å². The van der Waals surface area contributed by atoms with Crippen LogP contribution in [-0.4, -0.2) is 24.1 Å². The molecule has 0 radical (unpaired) electrons. The van der Waals surface area contributed by atoms with Crippen LogP contribution in [-0.2, 0) is 4.79 Å². The number of aliphatic hydroxyl groups is 1. The van der Waals surface area contributed by atoms with Crippen molar-refractivity contribution < 1.29 is 9.90 Å². The first-order valence-electron chi connectivity index (χ1n) is 5.74. The zero-order valence-corrected chi connectivity index (χ0v) is 11.0. The topological polar surface area (TPSA) is 75.4 Å². The Morgan fingerprint density at radius 2 is 2.29 bits per heavy atom. The summed E-state index contributed by atoms with van der Waals surface area (Å²) >= 11 is 1.53. The maximum absolute atomic E-state index is 11.8. The summed E-state index contributed by atoms with van der Waals surface area (Å²) < 4.78 is 0. The van der Waals surface area contributed by atoms with Crippen molar-refractivity contribution in [3.63, 3.8) is 0 Å². The van der Waals surface area contributed by atoms with E-state index >= 15 is 0 Å². The number of nitrogens with two attached hydrogens (primary N) is 1. The molecule has 96 valence electrons. The van der Waals surface area contributed by atoms with E-state index in [0.29, 0.717) is 6.54 Å². The summed E-state index contributed by atoms with van der Waals surface area (Å²) in [6.07, 6.45) is -0.643. The smallest absolute Gasteiger partial charge is 0.224 e. The first-order chi connectivity index (χ1) is 8.06. The molecule has 0 aromatic carbocycles. The van der Waals surface area contributed by atoms with Crippen LogP contribution in [0.2, 0.25) is 0 Å². The van der Waals surface area contributed by atoms with E-state index in [0.717, 1.165) is 5.56 Å². The molecule has 1 heterocycles. The van der Waals surface area contributed by atoms with Crippen molar-refractivity contribution in [2.24, 2.45) is 17.6 Å². The lowest BCUT2D eigenvalue weighted by atomic mass is 9.95. The van der Waals surface area contributed by atoms with E-state index < -0.39 is 6.10 Å². The van der Waals surface area contributed by atoms with Gasteiger partial charge in [0.2, 0.25) is 5.91 Å². The van der Waals surface area contributed by atoms with Gasteiger partial charge in [-0.3, -0.25) is 4.79 Å². The van der Waals surface area contributed by atoms with E-state index in [1.165, 1.54) is 11.3 Å². The summed E-state index contributed by atoms with van der Waals surface area (Å²) in [4.78, 5) is 11.8. The van der Waals surface area contributed by atoms with Crippen molar-refractivity contribution in [2.45, 2.75) is 20.0 Å². The molecular formula is C12H20N2O2S. The van der Waals surface area contributed by atoms with Crippen LogP contribution >= 0.6 is 11.3 Å². The van der Waals surface area contributed by atoms with Gasteiger partial charge in [-0.05, 0) is 28.3 Å². The van der Waals surface area contributed by atoms with Crippen LogP contribution in [0.4, 0.5) is 0 Å². The van der Waals surface area contributed by atoms with Gasteiger partial charge in [-0.25, -0.2) is 0 Å². The maximum atomic E-state index is 11.8. The van der Waals surface area contributed by atoms with Gasteiger partial charge in [0.25, 0.3) is 0 Å². The number of carbonyl (C=O) groups is 1. The van der Waals surface area contributed by atoms with E-state index in [9.17, 15) is 9.90 Å². The van der Waals surface area contributed by atoms with Crippen LogP contribution < -0.4 is 11.1 Å². The van der Waals surface area contributed by atoms with Gasteiger partial charge in [0.05, 0.1) is 12.0 Å². The Bertz CT molecular complexity index is 338. The Kier molecular flexibility index (Phi) is 5.61. The molecule has 0 fully saturated rings. The van der Waals surface area contributed by atoms with Gasteiger partial charge in [-0.1, -0.05) is 13.8 Å². The summed E-state index contributed by atoms with van der Waals surface area (Å²) in [5.74, 6) is -0.0697. The monoisotopic (exact) mass is 256 g/mol. The fourth-order valence-corrected chi connectivity index (χ4v) is 2.30. The van der Waals surface area contributed by atoms with Gasteiger partial charge in [0, 0.05) is 13.1 Å². The molecule has 0 aliphatic rings. The standard InChI is InChI=1S/C12H20N2O2S/c1-8(2)10(5-13)12(16)14-6-11(15)9-3-4-17-7-9/h3-4,7-8,10-11,15H,5-6,13H2,1-2H3,(H,14,16). The Balaban J connectivity index is 2.42. The molecule has 0 aliphatic heterocycles. The lowest BCUT2D eigenvalue weighted by molar-refractivity contribution is -0.126. The molecule has 1 aromatic heterocycles. The number of aliphatic hydroxyl groups excluding tert-OH is 1. The Morgan fingerprint density at radius 1 is 1.59 bits per heavy atom. The molecule has 1 rings (SSSR count). The maximum Gasteiger partial charge on any atom is 0.224 e. The van der Waals surface area contributed by atoms with E-state index in [2.05, 4.69) is 5.32 Å². The highest BCUT2D eigenvalue weighted by Crippen LogP contribution is 2.15. The first kappa shape index (κ1) is 14.2. The quantitative estimate of drug-likeness (QED) is 0.714. The molecule has 1 aromatic rings. The highest BCUT2D eigenvalue weighted by molar-refractivity contribution is 7.07. The average Bonchev–Trinajstić information content (AvgIpc) is 2.79. The SMILES string of the molecule is CC(C)C(CN)C(=O)NCC(O)c1ccsc1. The number of thiophene rings is 1. The third-order valence-electron chi connectivity index (χ3n) is 2.79. The van der Waals surface area contributed by atoms with Gasteiger partial charge in [0.1, 0.15) is 0 Å². The molecule has 2 atom stereocenters. The minimum Gasteiger partial charge on any atom is -0.387 e. The minimum absolute atomic E-state index is 0.0863. The zero-order valence-electron chi connectivity index (χ0n) is 10.2. The summed E-state index contributed by atoms with van der Waals surface area (Å²) in [5.41, 5.74) is 6.39. The highest BCUT2D eigenvalue weighted by Gasteiger charge is 2.21. The lowest BCUT2D eigenvalue weighted by Crippen LogP contribution is -2.39. The predicted octanol–water partition coefficient (Wildman–Crippen LogP) is 1.13. The fourth-order valence-electron chi connectivity index (χ4n) is 1.59. The van der Waals surface area contributed by atoms with Crippen molar-refractivity contribution >= 4 is 17.2 Å². The van der Waals surface area contributed by atoms with Crippen molar-refractivity contribution in [3.05, 3.63) is 22.4 Å². The summed E-state index contributed by atoms with van der Waals surface area (Å²) in [6, 6.07) is 1.85. The fraction of sp³-hybridized carbons (Fsp3) is 0.583. The summed E-state index contributed by atoms with van der Waals surface area (Å²) in [5, 5.41) is 16.3. The number of hydrogen-bond acceptors (Lipinski definition) is 4. The molecular weight excluding hydrogens is 236 g/mol. The van der Waals surface area contributed by atoms with Crippen LogP contribution in [0.25, 0.3) is 0 Å². The Hall–Kier alpha value is -0.910. The zero-order chi connectivity index (χ0) is 12.8. The number of nitrogens with one attached hydrogen (secondary N) is 1. The Labute approximate surface area is 106 Å². The number of rotatable bonds is 6. The molecule has 4 N–H and O–H groups in total. The molecule has 0 spiro atoms. The van der Waals surface area contributed by atoms with Gasteiger partial charge < -0.3 is 16.2 Å². The second kappa shape index (κ2) is 6.74.